The minimum Gasteiger partial charge on any atom is -0.400 e. The minimum absolute atomic E-state index is 0. The molecule has 11 heavy (non-hydrogen) atoms. The Hall–Kier alpha value is -0.0300. The second kappa shape index (κ2) is 8.07. The summed E-state index contributed by atoms with van der Waals surface area (Å²) in [5.74, 6) is 0. The van der Waals surface area contributed by atoms with Crippen LogP contribution in [0, 0.1) is 0 Å². The highest BCUT2D eigenvalue weighted by Gasteiger charge is 1.82. The van der Waals surface area contributed by atoms with Gasteiger partial charge in [0, 0.05) is 16.5 Å². The minimum atomic E-state index is 0. The normalized spacial score (nSPS) is 7.27. The van der Waals surface area contributed by atoms with Gasteiger partial charge in [-0.15, -0.1) is 12.6 Å². The van der Waals surface area contributed by atoms with Gasteiger partial charge in [0.25, 0.3) is 0 Å². The molecule has 0 aliphatic rings. The van der Waals surface area contributed by atoms with Crippen molar-refractivity contribution in [2.24, 2.45) is 0 Å². The van der Waals surface area contributed by atoms with Gasteiger partial charge >= 0.3 is 0 Å². The standard InChI is InChI=1S/C6H5BrS.CH4O.H3N/c7-5-1-3-6(8)4-2-5;1-2;/h1-4,8H;2H,1H3;1H3. The third-order valence-electron chi connectivity index (χ3n) is 0.827. The zero-order valence-corrected chi connectivity index (χ0v) is 8.77. The number of rotatable bonds is 0. The molecule has 64 valence electrons. The van der Waals surface area contributed by atoms with E-state index in [-0.39, 0.29) is 6.15 Å². The van der Waals surface area contributed by atoms with Gasteiger partial charge in [-0.1, -0.05) is 15.9 Å². The predicted molar refractivity (Wildman–Crippen MR) is 54.6 cm³/mol. The first-order valence-electron chi connectivity index (χ1n) is 2.68. The molecule has 0 atom stereocenters. The zero-order valence-electron chi connectivity index (χ0n) is 6.29. The highest BCUT2D eigenvalue weighted by atomic mass is 79.9. The van der Waals surface area contributed by atoms with E-state index < -0.39 is 0 Å². The van der Waals surface area contributed by atoms with Gasteiger partial charge < -0.3 is 11.3 Å². The van der Waals surface area contributed by atoms with Crippen LogP contribution in [0.4, 0.5) is 0 Å². The van der Waals surface area contributed by atoms with E-state index in [4.69, 9.17) is 5.11 Å². The fourth-order valence-electron chi connectivity index (χ4n) is 0.441. The number of halogens is 1. The molecule has 1 aromatic carbocycles. The van der Waals surface area contributed by atoms with Crippen LogP contribution in [0.25, 0.3) is 0 Å². The number of benzene rings is 1. The van der Waals surface area contributed by atoms with Crippen molar-refractivity contribution < 1.29 is 5.11 Å². The van der Waals surface area contributed by atoms with E-state index in [9.17, 15) is 0 Å². The highest BCUT2D eigenvalue weighted by molar-refractivity contribution is 9.10. The molecule has 0 radical (unpaired) electrons. The van der Waals surface area contributed by atoms with Crippen LogP contribution in [-0.4, -0.2) is 12.2 Å². The second-order valence-electron chi connectivity index (χ2n) is 1.48. The summed E-state index contributed by atoms with van der Waals surface area (Å²) in [6.45, 7) is 0. The van der Waals surface area contributed by atoms with Crippen LogP contribution in [0.15, 0.2) is 33.6 Å². The van der Waals surface area contributed by atoms with Gasteiger partial charge in [0.2, 0.25) is 0 Å². The van der Waals surface area contributed by atoms with Crippen LogP contribution in [0.5, 0.6) is 0 Å². The van der Waals surface area contributed by atoms with Crippen molar-refractivity contribution in [2.75, 3.05) is 7.11 Å². The fraction of sp³-hybridized carbons (Fsp3) is 0.143. The van der Waals surface area contributed by atoms with Crippen molar-refractivity contribution in [2.45, 2.75) is 4.90 Å². The predicted octanol–water partition coefficient (Wildman–Crippen LogP) is 2.51. The van der Waals surface area contributed by atoms with Crippen LogP contribution in [-0.2, 0) is 0 Å². The molecule has 1 aromatic rings. The van der Waals surface area contributed by atoms with Crippen LogP contribution < -0.4 is 6.15 Å². The van der Waals surface area contributed by atoms with Crippen LogP contribution >= 0.6 is 28.6 Å². The second-order valence-corrected chi connectivity index (χ2v) is 2.91. The molecule has 0 unspecified atom stereocenters. The quantitative estimate of drug-likeness (QED) is 0.608. The van der Waals surface area contributed by atoms with Crippen LogP contribution in [0.3, 0.4) is 0 Å². The van der Waals surface area contributed by atoms with Gasteiger partial charge in [0.1, 0.15) is 0 Å². The van der Waals surface area contributed by atoms with Gasteiger partial charge in [0.05, 0.1) is 0 Å². The number of hydrogen-bond donors (Lipinski definition) is 3. The summed E-state index contributed by atoms with van der Waals surface area (Å²) < 4.78 is 1.09. The maximum absolute atomic E-state index is 7.00. The highest BCUT2D eigenvalue weighted by Crippen LogP contribution is 2.11. The fourth-order valence-corrected chi connectivity index (χ4v) is 0.854. The summed E-state index contributed by atoms with van der Waals surface area (Å²) in [5.41, 5.74) is 0. The summed E-state index contributed by atoms with van der Waals surface area (Å²) >= 11 is 7.42. The summed E-state index contributed by atoms with van der Waals surface area (Å²) in [5, 5.41) is 7.00. The third kappa shape index (κ3) is 6.37. The maximum Gasteiger partial charge on any atom is 0.0319 e. The molecule has 0 saturated heterocycles. The molecule has 4 heteroatoms. The first-order valence-corrected chi connectivity index (χ1v) is 3.92. The smallest absolute Gasteiger partial charge is 0.0319 e. The SMILES string of the molecule is CO.N.Sc1ccc(Br)cc1. The Morgan fingerprint density at radius 1 is 1.18 bits per heavy atom. The van der Waals surface area contributed by atoms with E-state index >= 15 is 0 Å². The lowest BCUT2D eigenvalue weighted by molar-refractivity contribution is 0.399. The van der Waals surface area contributed by atoms with E-state index in [1.807, 2.05) is 24.3 Å². The first-order chi connectivity index (χ1) is 4.79. The van der Waals surface area contributed by atoms with Gasteiger partial charge in [-0.3, -0.25) is 0 Å². The third-order valence-corrected chi connectivity index (χ3v) is 1.65. The summed E-state index contributed by atoms with van der Waals surface area (Å²) in [6, 6.07) is 7.80. The largest absolute Gasteiger partial charge is 0.400 e. The van der Waals surface area contributed by atoms with Crippen molar-refractivity contribution in [1.82, 2.24) is 6.15 Å². The van der Waals surface area contributed by atoms with Gasteiger partial charge in [-0.25, -0.2) is 0 Å². The Labute approximate surface area is 80.8 Å². The van der Waals surface area contributed by atoms with E-state index in [0.29, 0.717) is 0 Å². The Morgan fingerprint density at radius 2 is 1.55 bits per heavy atom. The molecule has 0 amide bonds. The average molecular weight is 238 g/mol. The van der Waals surface area contributed by atoms with E-state index in [2.05, 4.69) is 28.6 Å². The Bertz CT molecular complexity index is 157. The van der Waals surface area contributed by atoms with E-state index in [0.717, 1.165) is 16.5 Å². The molecule has 0 bridgehead atoms. The first kappa shape index (κ1) is 13.6. The molecule has 0 aromatic heterocycles. The number of thiol groups is 1. The van der Waals surface area contributed by atoms with Crippen molar-refractivity contribution in [3.63, 3.8) is 0 Å². The lowest BCUT2D eigenvalue weighted by atomic mass is 10.4. The molecule has 0 aliphatic carbocycles. The van der Waals surface area contributed by atoms with Crippen LogP contribution in [0.1, 0.15) is 0 Å². The van der Waals surface area contributed by atoms with E-state index in [1.165, 1.54) is 0 Å². The monoisotopic (exact) mass is 237 g/mol. The molecule has 0 aliphatic heterocycles. The summed E-state index contributed by atoms with van der Waals surface area (Å²) in [4.78, 5) is 0.994. The summed E-state index contributed by atoms with van der Waals surface area (Å²) in [6.07, 6.45) is 0. The van der Waals surface area contributed by atoms with Crippen molar-refractivity contribution in [1.29, 1.82) is 0 Å². The van der Waals surface area contributed by atoms with Gasteiger partial charge in [-0.05, 0) is 24.3 Å². The van der Waals surface area contributed by atoms with Crippen molar-refractivity contribution >= 4 is 28.6 Å². The maximum atomic E-state index is 7.00. The molecule has 4 N–H and O–H groups in total. The summed E-state index contributed by atoms with van der Waals surface area (Å²) in [7, 11) is 1.00. The molecular formula is C7H12BrNOS. The lowest BCUT2D eigenvalue weighted by Gasteiger charge is -1.87. The van der Waals surface area contributed by atoms with E-state index in [1.54, 1.807) is 0 Å². The number of aliphatic hydroxyl groups is 1. The van der Waals surface area contributed by atoms with Crippen LogP contribution in [0.2, 0.25) is 0 Å². The van der Waals surface area contributed by atoms with Gasteiger partial charge in [-0.2, -0.15) is 0 Å². The molecule has 0 fully saturated rings. The molecule has 0 saturated carbocycles. The topological polar surface area (TPSA) is 55.2 Å². The Kier molecular flexibility index (Phi) is 9.94. The number of aliphatic hydroxyl groups excluding tert-OH is 1. The number of hydrogen-bond acceptors (Lipinski definition) is 3. The molecule has 0 heterocycles. The van der Waals surface area contributed by atoms with Crippen molar-refractivity contribution in [3.05, 3.63) is 28.7 Å². The average Bonchev–Trinajstić information content (AvgIpc) is 2.00. The Balaban J connectivity index is 0. The lowest BCUT2D eigenvalue weighted by Crippen LogP contribution is -1.62. The molecular weight excluding hydrogens is 226 g/mol. The zero-order chi connectivity index (χ0) is 7.98. The van der Waals surface area contributed by atoms with Gasteiger partial charge in [0.15, 0.2) is 0 Å². The molecule has 2 nitrogen and oxygen atoms in total. The molecule has 0 spiro atoms. The molecule has 1 rings (SSSR count). The van der Waals surface area contributed by atoms with Crippen molar-refractivity contribution in [3.8, 4) is 0 Å². The Morgan fingerprint density at radius 3 is 1.82 bits per heavy atom.